The van der Waals surface area contributed by atoms with E-state index in [1.54, 1.807) is 0 Å². The first-order chi connectivity index (χ1) is 13.9. The SMILES string of the molecule is O=C(CCNC(=O)c1ccc([N+](=O)[O-])cc1)OCc1cc2ccccc2nc1Cl. The molecule has 1 N–H and O–H groups in total. The molecule has 0 aliphatic heterocycles. The number of ether oxygens (including phenoxy) is 1. The molecule has 8 nitrogen and oxygen atoms in total. The second-order valence-electron chi connectivity index (χ2n) is 6.10. The molecule has 0 radical (unpaired) electrons. The highest BCUT2D eigenvalue weighted by Gasteiger charge is 2.11. The Hall–Kier alpha value is -3.52. The van der Waals surface area contributed by atoms with Crippen molar-refractivity contribution in [3.63, 3.8) is 0 Å². The summed E-state index contributed by atoms with van der Waals surface area (Å²) in [6.07, 6.45) is -0.0304. The molecule has 0 aliphatic carbocycles. The summed E-state index contributed by atoms with van der Waals surface area (Å²) < 4.78 is 5.20. The lowest BCUT2D eigenvalue weighted by molar-refractivity contribution is -0.384. The molecule has 3 rings (SSSR count). The average molecular weight is 414 g/mol. The minimum absolute atomic E-state index is 0.0220. The molecule has 0 bridgehead atoms. The molecule has 1 aromatic heterocycles. The van der Waals surface area contributed by atoms with Crippen molar-refractivity contribution in [1.82, 2.24) is 10.3 Å². The van der Waals surface area contributed by atoms with Crippen LogP contribution in [0.4, 0.5) is 5.69 Å². The van der Waals surface area contributed by atoms with Gasteiger partial charge in [-0.3, -0.25) is 19.7 Å². The fraction of sp³-hybridized carbons (Fsp3) is 0.150. The second kappa shape index (κ2) is 9.11. The highest BCUT2D eigenvalue weighted by atomic mass is 35.5. The lowest BCUT2D eigenvalue weighted by Gasteiger charge is -2.08. The third-order valence-corrected chi connectivity index (χ3v) is 4.42. The van der Waals surface area contributed by atoms with Crippen molar-refractivity contribution >= 4 is 40.1 Å². The molecule has 0 unspecified atom stereocenters. The number of non-ortho nitro benzene ring substituents is 1. The molecular weight excluding hydrogens is 398 g/mol. The number of pyridine rings is 1. The van der Waals surface area contributed by atoms with E-state index < -0.39 is 16.8 Å². The van der Waals surface area contributed by atoms with Crippen LogP contribution in [0.15, 0.2) is 54.6 Å². The minimum Gasteiger partial charge on any atom is -0.461 e. The third kappa shape index (κ3) is 5.26. The Balaban J connectivity index is 1.47. The number of fused-ring (bicyclic) bond motifs is 1. The number of rotatable bonds is 7. The number of nitrogens with zero attached hydrogens (tertiary/aromatic N) is 2. The van der Waals surface area contributed by atoms with Gasteiger partial charge in [0.15, 0.2) is 0 Å². The van der Waals surface area contributed by atoms with Crippen LogP contribution in [0.1, 0.15) is 22.3 Å². The van der Waals surface area contributed by atoms with Gasteiger partial charge in [-0.1, -0.05) is 29.8 Å². The predicted molar refractivity (Wildman–Crippen MR) is 107 cm³/mol. The predicted octanol–water partition coefficient (Wildman–Crippen LogP) is 3.66. The van der Waals surface area contributed by atoms with Gasteiger partial charge >= 0.3 is 5.97 Å². The highest BCUT2D eigenvalue weighted by molar-refractivity contribution is 6.30. The van der Waals surface area contributed by atoms with Gasteiger partial charge in [-0.15, -0.1) is 0 Å². The molecule has 3 aromatic rings. The first kappa shape index (κ1) is 20.2. The number of amides is 1. The Morgan fingerprint density at radius 3 is 2.59 bits per heavy atom. The summed E-state index contributed by atoms with van der Waals surface area (Å²) in [6, 6.07) is 14.4. The number of nitro groups is 1. The molecule has 0 saturated heterocycles. The van der Waals surface area contributed by atoms with Crippen molar-refractivity contribution in [2.24, 2.45) is 0 Å². The molecule has 1 heterocycles. The summed E-state index contributed by atoms with van der Waals surface area (Å²) in [5.74, 6) is -0.937. The van der Waals surface area contributed by atoms with Crippen molar-refractivity contribution in [3.8, 4) is 0 Å². The number of halogens is 1. The number of aromatic nitrogens is 1. The van der Waals surface area contributed by atoms with Crippen molar-refractivity contribution in [2.75, 3.05) is 6.54 Å². The van der Waals surface area contributed by atoms with E-state index in [1.807, 2.05) is 30.3 Å². The van der Waals surface area contributed by atoms with Gasteiger partial charge in [0.25, 0.3) is 11.6 Å². The van der Waals surface area contributed by atoms with Crippen molar-refractivity contribution < 1.29 is 19.2 Å². The number of carbonyl (C=O) groups is 2. The standard InChI is InChI=1S/C20H16ClN3O5/c21-19-15(11-14-3-1-2-4-17(14)23-19)12-29-18(25)9-10-22-20(26)13-5-7-16(8-6-13)24(27)28/h1-8,11H,9-10,12H2,(H,22,26). The Morgan fingerprint density at radius 1 is 1.14 bits per heavy atom. The summed E-state index contributed by atoms with van der Waals surface area (Å²) >= 11 is 6.13. The smallest absolute Gasteiger partial charge is 0.307 e. The number of hydrogen-bond acceptors (Lipinski definition) is 6. The summed E-state index contributed by atoms with van der Waals surface area (Å²) in [6.45, 7) is 0.0458. The number of hydrogen-bond donors (Lipinski definition) is 1. The molecule has 148 valence electrons. The molecule has 1 amide bonds. The maximum absolute atomic E-state index is 12.0. The molecule has 0 saturated carbocycles. The van der Waals surface area contributed by atoms with Gasteiger partial charge in [-0.05, 0) is 24.3 Å². The van der Waals surface area contributed by atoms with Crippen LogP contribution in [0.3, 0.4) is 0 Å². The maximum atomic E-state index is 12.0. The van der Waals surface area contributed by atoms with Crippen LogP contribution in [0.2, 0.25) is 5.15 Å². The van der Waals surface area contributed by atoms with Crippen LogP contribution in [-0.4, -0.2) is 28.3 Å². The normalized spacial score (nSPS) is 10.5. The van der Waals surface area contributed by atoms with E-state index in [2.05, 4.69) is 10.3 Å². The lowest BCUT2D eigenvalue weighted by atomic mass is 10.2. The molecule has 9 heteroatoms. The molecular formula is C20H16ClN3O5. The zero-order chi connectivity index (χ0) is 20.8. The zero-order valence-corrected chi connectivity index (χ0v) is 15.9. The van der Waals surface area contributed by atoms with E-state index in [-0.39, 0.29) is 36.0 Å². The quantitative estimate of drug-likeness (QED) is 0.274. The van der Waals surface area contributed by atoms with Crippen LogP contribution in [0.25, 0.3) is 10.9 Å². The highest BCUT2D eigenvalue weighted by Crippen LogP contribution is 2.21. The average Bonchev–Trinajstić information content (AvgIpc) is 2.72. The van der Waals surface area contributed by atoms with E-state index in [9.17, 15) is 19.7 Å². The number of carbonyl (C=O) groups excluding carboxylic acids is 2. The fourth-order valence-electron chi connectivity index (χ4n) is 2.58. The monoisotopic (exact) mass is 413 g/mol. The van der Waals surface area contributed by atoms with Crippen LogP contribution >= 0.6 is 11.6 Å². The molecule has 0 spiro atoms. The molecule has 29 heavy (non-hydrogen) atoms. The Morgan fingerprint density at radius 2 is 1.86 bits per heavy atom. The lowest BCUT2D eigenvalue weighted by Crippen LogP contribution is -2.26. The van der Waals surface area contributed by atoms with E-state index in [0.29, 0.717) is 5.56 Å². The Bertz CT molecular complexity index is 1070. The van der Waals surface area contributed by atoms with Crippen molar-refractivity contribution in [2.45, 2.75) is 13.0 Å². The van der Waals surface area contributed by atoms with Gasteiger partial charge in [-0.25, -0.2) is 4.98 Å². The number of nitrogens with one attached hydrogen (secondary N) is 1. The Kier molecular flexibility index (Phi) is 6.36. The van der Waals surface area contributed by atoms with E-state index in [4.69, 9.17) is 16.3 Å². The largest absolute Gasteiger partial charge is 0.461 e. The van der Waals surface area contributed by atoms with Crippen molar-refractivity contribution in [3.05, 3.63) is 81.0 Å². The van der Waals surface area contributed by atoms with Crippen LogP contribution < -0.4 is 5.32 Å². The number of benzene rings is 2. The van der Waals surface area contributed by atoms with Crippen LogP contribution in [0, 0.1) is 10.1 Å². The van der Waals surface area contributed by atoms with Gasteiger partial charge in [-0.2, -0.15) is 0 Å². The van der Waals surface area contributed by atoms with Gasteiger partial charge < -0.3 is 10.1 Å². The van der Waals surface area contributed by atoms with Gasteiger partial charge in [0.1, 0.15) is 11.8 Å². The van der Waals surface area contributed by atoms with Gasteiger partial charge in [0, 0.05) is 35.2 Å². The van der Waals surface area contributed by atoms with Gasteiger partial charge in [0.05, 0.1) is 16.9 Å². The summed E-state index contributed by atoms with van der Waals surface area (Å²) in [5, 5.41) is 14.3. The number of esters is 1. The molecule has 0 aliphatic rings. The summed E-state index contributed by atoms with van der Waals surface area (Å²) in [4.78, 5) is 38.3. The molecule has 0 fully saturated rings. The fourth-order valence-corrected chi connectivity index (χ4v) is 2.78. The van der Waals surface area contributed by atoms with E-state index >= 15 is 0 Å². The minimum atomic E-state index is -0.547. The van der Waals surface area contributed by atoms with Crippen LogP contribution in [-0.2, 0) is 16.1 Å². The van der Waals surface area contributed by atoms with Crippen molar-refractivity contribution in [1.29, 1.82) is 0 Å². The van der Waals surface area contributed by atoms with Crippen LogP contribution in [0.5, 0.6) is 0 Å². The first-order valence-corrected chi connectivity index (χ1v) is 9.04. The number of nitro benzene ring substituents is 1. The molecule has 2 aromatic carbocycles. The first-order valence-electron chi connectivity index (χ1n) is 8.66. The van der Waals surface area contributed by atoms with Gasteiger partial charge in [0.2, 0.25) is 0 Å². The molecule has 0 atom stereocenters. The maximum Gasteiger partial charge on any atom is 0.307 e. The zero-order valence-electron chi connectivity index (χ0n) is 15.1. The van der Waals surface area contributed by atoms with E-state index in [0.717, 1.165) is 10.9 Å². The number of para-hydroxylation sites is 1. The third-order valence-electron chi connectivity index (χ3n) is 4.09. The summed E-state index contributed by atoms with van der Waals surface area (Å²) in [5.41, 5.74) is 1.50. The van der Waals surface area contributed by atoms with E-state index in [1.165, 1.54) is 24.3 Å². The summed E-state index contributed by atoms with van der Waals surface area (Å²) in [7, 11) is 0. The Labute approximate surface area is 170 Å². The topological polar surface area (TPSA) is 111 Å². The second-order valence-corrected chi connectivity index (χ2v) is 6.46.